The molecule has 1 N–H and O–H groups in total. The van der Waals surface area contributed by atoms with Crippen molar-refractivity contribution in [2.24, 2.45) is 7.05 Å². The third-order valence-corrected chi connectivity index (χ3v) is 5.66. The van der Waals surface area contributed by atoms with Crippen LogP contribution in [0.1, 0.15) is 58.4 Å². The van der Waals surface area contributed by atoms with E-state index in [4.69, 9.17) is 0 Å². The molecular weight excluding hydrogens is 466 g/mol. The summed E-state index contributed by atoms with van der Waals surface area (Å²) in [6.45, 7) is 2.11. The number of fused-ring (bicyclic) bond motifs is 1. The van der Waals surface area contributed by atoms with Crippen LogP contribution in [-0.2, 0) is 25.9 Å². The highest BCUT2D eigenvalue weighted by molar-refractivity contribution is 5.93. The van der Waals surface area contributed by atoms with Gasteiger partial charge in [0.25, 0.3) is 5.91 Å². The lowest BCUT2D eigenvalue weighted by atomic mass is 10.0. The Kier molecular flexibility index (Phi) is 5.90. The van der Waals surface area contributed by atoms with E-state index in [0.29, 0.717) is 42.4 Å². The highest BCUT2D eigenvalue weighted by Crippen LogP contribution is 2.34. The van der Waals surface area contributed by atoms with E-state index in [1.165, 1.54) is 7.05 Å². The van der Waals surface area contributed by atoms with Crippen molar-refractivity contribution >= 4 is 5.91 Å². The Morgan fingerprint density at radius 2 is 1.74 bits per heavy atom. The molecule has 1 atom stereocenters. The number of nitrogens with one attached hydrogen (secondary N) is 1. The van der Waals surface area contributed by atoms with Gasteiger partial charge in [-0.05, 0) is 43.9 Å². The molecule has 0 spiro atoms. The van der Waals surface area contributed by atoms with Gasteiger partial charge in [-0.1, -0.05) is 0 Å². The molecule has 7 nitrogen and oxygen atoms in total. The number of aryl methyl sites for hydroxylation is 3. The summed E-state index contributed by atoms with van der Waals surface area (Å²) in [6, 6.07) is 2.61. The maximum absolute atomic E-state index is 13.2. The van der Waals surface area contributed by atoms with E-state index >= 15 is 0 Å². The number of hydrogen-bond acceptors (Lipinski definition) is 4. The molecule has 1 aliphatic heterocycles. The van der Waals surface area contributed by atoms with Crippen LogP contribution in [0.25, 0.3) is 11.3 Å². The van der Waals surface area contributed by atoms with Crippen molar-refractivity contribution in [3.05, 3.63) is 52.7 Å². The summed E-state index contributed by atoms with van der Waals surface area (Å²) in [4.78, 5) is 16.2. The molecule has 4 rings (SSSR count). The van der Waals surface area contributed by atoms with Gasteiger partial charge < -0.3 is 5.32 Å². The number of amides is 1. The van der Waals surface area contributed by atoms with E-state index < -0.39 is 35.7 Å². The molecule has 1 aliphatic rings. The normalized spacial score (nSPS) is 16.8. The number of aromatic nitrogens is 5. The zero-order chi connectivity index (χ0) is 24.8. The van der Waals surface area contributed by atoms with E-state index in [9.17, 15) is 31.1 Å². The van der Waals surface area contributed by atoms with Crippen molar-refractivity contribution in [2.75, 3.05) is 0 Å². The van der Waals surface area contributed by atoms with E-state index in [1.807, 2.05) is 0 Å². The van der Waals surface area contributed by atoms with Crippen LogP contribution in [0.15, 0.2) is 24.4 Å². The van der Waals surface area contributed by atoms with Gasteiger partial charge in [0.15, 0.2) is 5.69 Å². The summed E-state index contributed by atoms with van der Waals surface area (Å²) in [5, 5.41) is 10.5. The fraction of sp³-hybridized carbons (Fsp3) is 0.429. The SMILES string of the molecule is Cc1cnc(C(F)(F)F)cc1-c1cc2n(n1)CCCC[C@@H]2NC(=O)c1cc(C(F)(F)F)nn1C. The summed E-state index contributed by atoms with van der Waals surface area (Å²) in [5.74, 6) is -0.744. The molecule has 0 saturated carbocycles. The Morgan fingerprint density at radius 1 is 1.03 bits per heavy atom. The Morgan fingerprint density at radius 3 is 2.38 bits per heavy atom. The molecule has 0 bridgehead atoms. The first kappa shape index (κ1) is 23.8. The maximum Gasteiger partial charge on any atom is 0.435 e. The topological polar surface area (TPSA) is 77.6 Å². The van der Waals surface area contributed by atoms with Gasteiger partial charge in [-0.3, -0.25) is 19.1 Å². The third kappa shape index (κ3) is 4.64. The summed E-state index contributed by atoms with van der Waals surface area (Å²) in [6.07, 6.45) is -6.26. The van der Waals surface area contributed by atoms with Crippen molar-refractivity contribution in [3.63, 3.8) is 0 Å². The van der Waals surface area contributed by atoms with Crippen LogP contribution in [0.4, 0.5) is 26.3 Å². The Hall–Kier alpha value is -3.38. The van der Waals surface area contributed by atoms with Gasteiger partial charge in [-0.2, -0.15) is 36.5 Å². The van der Waals surface area contributed by atoms with Crippen molar-refractivity contribution in [2.45, 2.75) is 51.1 Å². The quantitative estimate of drug-likeness (QED) is 0.546. The highest BCUT2D eigenvalue weighted by Gasteiger charge is 2.36. The fourth-order valence-corrected chi connectivity index (χ4v) is 3.93. The van der Waals surface area contributed by atoms with Crippen LogP contribution in [0.3, 0.4) is 0 Å². The first-order valence-electron chi connectivity index (χ1n) is 10.4. The summed E-state index contributed by atoms with van der Waals surface area (Å²) in [7, 11) is 1.24. The van der Waals surface area contributed by atoms with Crippen molar-refractivity contribution in [1.82, 2.24) is 29.9 Å². The number of nitrogens with zero attached hydrogens (tertiary/aromatic N) is 5. The van der Waals surface area contributed by atoms with Crippen LogP contribution in [0, 0.1) is 6.92 Å². The van der Waals surface area contributed by atoms with Gasteiger partial charge in [0.1, 0.15) is 11.4 Å². The van der Waals surface area contributed by atoms with Crippen LogP contribution in [0.2, 0.25) is 0 Å². The molecular formula is C21H20F6N6O. The second-order valence-corrected chi connectivity index (χ2v) is 8.12. The molecule has 0 aromatic carbocycles. The summed E-state index contributed by atoms with van der Waals surface area (Å²) < 4.78 is 80.8. The number of carbonyl (C=O) groups excluding carboxylic acids is 1. The monoisotopic (exact) mass is 486 g/mol. The molecule has 0 radical (unpaired) electrons. The molecule has 4 heterocycles. The minimum Gasteiger partial charge on any atom is -0.342 e. The molecule has 3 aromatic heterocycles. The molecule has 13 heteroatoms. The number of halogens is 6. The maximum atomic E-state index is 13.2. The minimum atomic E-state index is -4.69. The molecule has 0 aliphatic carbocycles. The zero-order valence-electron chi connectivity index (χ0n) is 18.1. The fourth-order valence-electron chi connectivity index (χ4n) is 3.93. The Balaban J connectivity index is 1.66. The summed E-state index contributed by atoms with van der Waals surface area (Å²) in [5.41, 5.74) is -0.876. The van der Waals surface area contributed by atoms with Crippen molar-refractivity contribution in [3.8, 4) is 11.3 Å². The molecule has 34 heavy (non-hydrogen) atoms. The Labute approximate surface area is 189 Å². The second kappa shape index (κ2) is 8.44. The average molecular weight is 486 g/mol. The predicted octanol–water partition coefficient (Wildman–Crippen LogP) is 4.68. The highest BCUT2D eigenvalue weighted by atomic mass is 19.4. The standard InChI is InChI=1S/C21H20F6N6O/c1-11-10-28-17(20(22,23)24)7-12(11)14-8-15-13(5-3-4-6-33(15)30-14)29-19(34)16-9-18(21(25,26)27)31-32(16)2/h7-10,13H,3-6H2,1-2H3,(H,29,34)/t13-/m0/s1. The molecule has 3 aromatic rings. The van der Waals surface area contributed by atoms with Gasteiger partial charge in [-0.25, -0.2) is 0 Å². The van der Waals surface area contributed by atoms with Gasteiger partial charge in [0.05, 0.1) is 17.4 Å². The first-order valence-corrected chi connectivity index (χ1v) is 10.4. The van der Waals surface area contributed by atoms with E-state index in [-0.39, 0.29) is 11.3 Å². The molecule has 0 fully saturated rings. The Bertz CT molecular complexity index is 1230. The van der Waals surface area contributed by atoms with Crippen molar-refractivity contribution in [1.29, 1.82) is 0 Å². The number of rotatable bonds is 3. The van der Waals surface area contributed by atoms with Crippen LogP contribution >= 0.6 is 0 Å². The first-order chi connectivity index (χ1) is 15.8. The van der Waals surface area contributed by atoms with Crippen LogP contribution < -0.4 is 5.32 Å². The summed E-state index contributed by atoms with van der Waals surface area (Å²) >= 11 is 0. The number of pyridine rings is 1. The molecule has 182 valence electrons. The van der Waals surface area contributed by atoms with Crippen molar-refractivity contribution < 1.29 is 31.1 Å². The van der Waals surface area contributed by atoms with Crippen LogP contribution in [-0.4, -0.2) is 30.5 Å². The second-order valence-electron chi connectivity index (χ2n) is 8.12. The minimum absolute atomic E-state index is 0.259. The third-order valence-electron chi connectivity index (χ3n) is 5.66. The predicted molar refractivity (Wildman–Crippen MR) is 107 cm³/mol. The number of carbonyl (C=O) groups is 1. The smallest absolute Gasteiger partial charge is 0.342 e. The molecule has 0 unspecified atom stereocenters. The number of hydrogen-bond donors (Lipinski definition) is 1. The molecule has 1 amide bonds. The van der Waals surface area contributed by atoms with Gasteiger partial charge in [0.2, 0.25) is 0 Å². The van der Waals surface area contributed by atoms with E-state index in [1.54, 1.807) is 17.7 Å². The van der Waals surface area contributed by atoms with Gasteiger partial charge in [-0.15, -0.1) is 0 Å². The van der Waals surface area contributed by atoms with Gasteiger partial charge >= 0.3 is 12.4 Å². The van der Waals surface area contributed by atoms with E-state index in [2.05, 4.69) is 20.5 Å². The lowest BCUT2D eigenvalue weighted by Crippen LogP contribution is -2.30. The van der Waals surface area contributed by atoms with Gasteiger partial charge in [0, 0.05) is 31.4 Å². The largest absolute Gasteiger partial charge is 0.435 e. The van der Waals surface area contributed by atoms with E-state index in [0.717, 1.165) is 23.4 Å². The van der Waals surface area contributed by atoms with Crippen LogP contribution in [0.5, 0.6) is 0 Å². The lowest BCUT2D eigenvalue weighted by molar-refractivity contribution is -0.142. The average Bonchev–Trinajstić information content (AvgIpc) is 3.29. The molecule has 0 saturated heterocycles. The number of alkyl halides is 6. The lowest BCUT2D eigenvalue weighted by Gasteiger charge is -2.17. The zero-order valence-corrected chi connectivity index (χ0v) is 18.1.